The Hall–Kier alpha value is -1.20. The van der Waals surface area contributed by atoms with E-state index in [0.717, 1.165) is 26.4 Å². The number of ketones is 1. The van der Waals surface area contributed by atoms with Crippen molar-refractivity contribution < 1.29 is 4.79 Å². The number of rotatable bonds is 4. The van der Waals surface area contributed by atoms with Crippen LogP contribution in [-0.2, 0) is 6.54 Å². The first-order valence-corrected chi connectivity index (χ1v) is 7.57. The van der Waals surface area contributed by atoms with Crippen molar-refractivity contribution in [2.24, 2.45) is 0 Å². The fourth-order valence-electron chi connectivity index (χ4n) is 1.93. The topological polar surface area (TPSA) is 33.2 Å². The average molecular weight is 339 g/mol. The molecule has 0 spiro atoms. The van der Waals surface area contributed by atoms with Crippen LogP contribution in [0.25, 0.3) is 0 Å². The maximum atomic E-state index is 11.7. The molecule has 5 heteroatoms. The number of thiazole rings is 1. The van der Waals surface area contributed by atoms with E-state index in [0.29, 0.717) is 6.54 Å². The van der Waals surface area contributed by atoms with Crippen LogP contribution in [0.3, 0.4) is 0 Å². The molecule has 0 fully saturated rings. The molecule has 0 N–H and O–H groups in total. The maximum absolute atomic E-state index is 11.7. The van der Waals surface area contributed by atoms with Crippen LogP contribution >= 0.6 is 27.3 Å². The summed E-state index contributed by atoms with van der Waals surface area (Å²) in [6.45, 7) is 4.28. The van der Waals surface area contributed by atoms with E-state index in [4.69, 9.17) is 0 Å². The molecule has 0 atom stereocenters. The second-order valence-corrected chi connectivity index (χ2v) is 6.41. The zero-order valence-electron chi connectivity index (χ0n) is 11.1. The number of carbonyl (C=O) groups excluding carboxylic acids is 1. The Kier molecular flexibility index (Phi) is 4.37. The molecule has 1 aromatic heterocycles. The van der Waals surface area contributed by atoms with Gasteiger partial charge < -0.3 is 4.90 Å². The highest BCUT2D eigenvalue weighted by Gasteiger charge is 2.13. The molecule has 0 bridgehead atoms. The van der Waals surface area contributed by atoms with E-state index in [2.05, 4.69) is 31.2 Å². The summed E-state index contributed by atoms with van der Waals surface area (Å²) in [5, 5.41) is 3.11. The summed E-state index contributed by atoms with van der Waals surface area (Å²) in [6.07, 6.45) is 0. The van der Waals surface area contributed by atoms with Crippen molar-refractivity contribution in [1.29, 1.82) is 0 Å². The van der Waals surface area contributed by atoms with Crippen LogP contribution < -0.4 is 4.90 Å². The molecule has 1 aromatic carbocycles. The molecule has 0 aliphatic carbocycles. The zero-order valence-corrected chi connectivity index (χ0v) is 13.5. The lowest BCUT2D eigenvalue weighted by atomic mass is 10.1. The van der Waals surface area contributed by atoms with Crippen LogP contribution in [0, 0.1) is 6.92 Å². The largest absolute Gasteiger partial charge is 0.368 e. The molecule has 0 aliphatic heterocycles. The lowest BCUT2D eigenvalue weighted by molar-refractivity contribution is 0.101. The molecule has 0 saturated heterocycles. The van der Waals surface area contributed by atoms with Gasteiger partial charge in [-0.2, -0.15) is 0 Å². The summed E-state index contributed by atoms with van der Waals surface area (Å²) in [7, 11) is 1.98. The normalized spacial score (nSPS) is 10.5. The van der Waals surface area contributed by atoms with Gasteiger partial charge in [0.25, 0.3) is 0 Å². The first-order valence-electron chi connectivity index (χ1n) is 5.90. The van der Waals surface area contributed by atoms with Gasteiger partial charge in [-0.05, 0) is 32.0 Å². The summed E-state index contributed by atoms with van der Waals surface area (Å²) in [5.41, 5.74) is 2.68. The molecular formula is C14H15BrN2OS. The van der Waals surface area contributed by atoms with Crippen molar-refractivity contribution in [2.75, 3.05) is 11.9 Å². The van der Waals surface area contributed by atoms with Crippen LogP contribution in [0.1, 0.15) is 28.0 Å². The number of carbonyl (C=O) groups is 1. The predicted molar refractivity (Wildman–Crippen MR) is 83.1 cm³/mol. The number of anilines is 1. The monoisotopic (exact) mass is 338 g/mol. The van der Waals surface area contributed by atoms with Crippen LogP contribution in [0.4, 0.5) is 5.69 Å². The van der Waals surface area contributed by atoms with Gasteiger partial charge in [-0.25, -0.2) is 4.98 Å². The second-order valence-electron chi connectivity index (χ2n) is 4.43. The number of benzene rings is 1. The first kappa shape index (κ1) is 14.2. The maximum Gasteiger partial charge on any atom is 0.161 e. The van der Waals surface area contributed by atoms with Crippen LogP contribution in [-0.4, -0.2) is 17.8 Å². The molecule has 0 amide bonds. The Morgan fingerprint density at radius 3 is 2.79 bits per heavy atom. The van der Waals surface area contributed by atoms with Crippen molar-refractivity contribution in [1.82, 2.24) is 4.98 Å². The first-order chi connectivity index (χ1) is 8.97. The summed E-state index contributed by atoms with van der Waals surface area (Å²) in [5.74, 6) is 0.0730. The van der Waals surface area contributed by atoms with Crippen LogP contribution in [0.2, 0.25) is 0 Å². The Labute approximate surface area is 125 Å². The summed E-state index contributed by atoms with van der Waals surface area (Å²) >= 11 is 5.09. The van der Waals surface area contributed by atoms with E-state index in [9.17, 15) is 4.79 Å². The molecule has 19 heavy (non-hydrogen) atoms. The number of nitrogens with zero attached hydrogens (tertiary/aromatic N) is 2. The number of hydrogen-bond donors (Lipinski definition) is 0. The molecule has 0 saturated carbocycles. The van der Waals surface area contributed by atoms with Gasteiger partial charge >= 0.3 is 0 Å². The molecule has 2 rings (SSSR count). The lowest BCUT2D eigenvalue weighted by Gasteiger charge is -2.21. The van der Waals surface area contributed by atoms with Gasteiger partial charge in [0.05, 0.1) is 17.2 Å². The highest BCUT2D eigenvalue weighted by molar-refractivity contribution is 9.10. The van der Waals surface area contributed by atoms with Crippen molar-refractivity contribution in [2.45, 2.75) is 20.4 Å². The number of aromatic nitrogens is 1. The Morgan fingerprint density at radius 2 is 2.21 bits per heavy atom. The molecule has 100 valence electrons. The van der Waals surface area contributed by atoms with Gasteiger partial charge in [0, 0.05) is 28.2 Å². The molecule has 1 heterocycles. The zero-order chi connectivity index (χ0) is 14.0. The number of aryl methyl sites for hydroxylation is 1. The van der Waals surface area contributed by atoms with Gasteiger partial charge in [0.15, 0.2) is 5.78 Å². The smallest absolute Gasteiger partial charge is 0.161 e. The average Bonchev–Trinajstić information content (AvgIpc) is 2.74. The number of halogens is 1. The van der Waals surface area contributed by atoms with Gasteiger partial charge in [-0.15, -0.1) is 11.3 Å². The number of Topliss-reactive ketones (excluding diaryl/α,β-unsaturated/α-hetero) is 1. The van der Waals surface area contributed by atoms with E-state index >= 15 is 0 Å². The fraction of sp³-hybridized carbons (Fsp3) is 0.286. The predicted octanol–water partition coefficient (Wildman–Crippen LogP) is 4.05. The summed E-state index contributed by atoms with van der Waals surface area (Å²) in [6, 6.07) is 5.71. The second kappa shape index (κ2) is 5.84. The van der Waals surface area contributed by atoms with Gasteiger partial charge in [0.1, 0.15) is 0 Å². The van der Waals surface area contributed by atoms with E-state index in [1.54, 1.807) is 18.3 Å². The third kappa shape index (κ3) is 3.42. The minimum Gasteiger partial charge on any atom is -0.368 e. The highest BCUT2D eigenvalue weighted by Crippen LogP contribution is 2.26. The molecule has 0 radical (unpaired) electrons. The molecule has 0 aliphatic rings. The SMILES string of the molecule is CC(=O)c1ccc(Br)cc1N(C)Cc1csc(C)n1. The molecule has 3 nitrogen and oxygen atoms in total. The molecular weight excluding hydrogens is 324 g/mol. The van der Waals surface area contributed by atoms with Crippen molar-refractivity contribution >= 4 is 38.7 Å². The van der Waals surface area contributed by atoms with E-state index in [1.165, 1.54) is 0 Å². The minimum absolute atomic E-state index is 0.0730. The lowest BCUT2D eigenvalue weighted by Crippen LogP contribution is -2.19. The van der Waals surface area contributed by atoms with Crippen molar-refractivity contribution in [3.8, 4) is 0 Å². The fourth-order valence-corrected chi connectivity index (χ4v) is 2.88. The van der Waals surface area contributed by atoms with Crippen LogP contribution in [0.15, 0.2) is 28.1 Å². The van der Waals surface area contributed by atoms with E-state index in [-0.39, 0.29) is 5.78 Å². The van der Waals surface area contributed by atoms with Gasteiger partial charge in [0.2, 0.25) is 0 Å². The van der Waals surface area contributed by atoms with Crippen LogP contribution in [0.5, 0.6) is 0 Å². The van der Waals surface area contributed by atoms with Gasteiger partial charge in [-0.1, -0.05) is 15.9 Å². The standard InChI is InChI=1S/C14H15BrN2OS/c1-9(18)13-5-4-11(15)6-14(13)17(3)7-12-8-19-10(2)16-12/h4-6,8H,7H2,1-3H3. The Balaban J connectivity index is 2.29. The quantitative estimate of drug-likeness (QED) is 0.788. The van der Waals surface area contributed by atoms with E-state index in [1.807, 2.05) is 32.2 Å². The third-order valence-corrected chi connectivity index (χ3v) is 4.13. The molecule has 2 aromatic rings. The van der Waals surface area contributed by atoms with Crippen molar-refractivity contribution in [3.05, 3.63) is 44.3 Å². The minimum atomic E-state index is 0.0730. The molecule has 0 unspecified atom stereocenters. The van der Waals surface area contributed by atoms with Gasteiger partial charge in [-0.3, -0.25) is 4.79 Å². The van der Waals surface area contributed by atoms with Crippen molar-refractivity contribution in [3.63, 3.8) is 0 Å². The summed E-state index contributed by atoms with van der Waals surface area (Å²) in [4.78, 5) is 18.2. The Bertz CT molecular complexity index is 609. The van der Waals surface area contributed by atoms with E-state index < -0.39 is 0 Å². The third-order valence-electron chi connectivity index (χ3n) is 2.82. The summed E-state index contributed by atoms with van der Waals surface area (Å²) < 4.78 is 0.966. The Morgan fingerprint density at radius 1 is 1.47 bits per heavy atom. The number of hydrogen-bond acceptors (Lipinski definition) is 4. The highest BCUT2D eigenvalue weighted by atomic mass is 79.9.